The first kappa shape index (κ1) is 52.4. The van der Waals surface area contributed by atoms with Gasteiger partial charge >= 0.3 is 12.1 Å². The highest BCUT2D eigenvalue weighted by Gasteiger charge is 2.63. The predicted molar refractivity (Wildman–Crippen MR) is 263 cm³/mol. The van der Waals surface area contributed by atoms with Crippen LogP contribution in [0.4, 0.5) is 10.5 Å². The van der Waals surface area contributed by atoms with Crippen molar-refractivity contribution in [3.05, 3.63) is 46.5 Å². The number of fused-ring (bicyclic) bond motifs is 6. The van der Waals surface area contributed by atoms with Gasteiger partial charge in [0.15, 0.2) is 5.72 Å². The number of imide groups is 1. The van der Waals surface area contributed by atoms with Gasteiger partial charge in [-0.15, -0.1) is 11.8 Å². The molecule has 7 atom stereocenters. The Kier molecular flexibility index (Phi) is 16.9. The Labute approximate surface area is 421 Å². The highest BCUT2D eigenvalue weighted by Crippen LogP contribution is 2.51. The van der Waals surface area contributed by atoms with E-state index in [4.69, 9.17) is 35.3 Å². The topological polar surface area (TPSA) is 211 Å². The van der Waals surface area contributed by atoms with E-state index in [0.717, 1.165) is 49.7 Å². The van der Waals surface area contributed by atoms with Crippen LogP contribution in [0.15, 0.2) is 35.9 Å². The van der Waals surface area contributed by atoms with Gasteiger partial charge < -0.3 is 33.7 Å². The molecule has 0 spiro atoms. The van der Waals surface area contributed by atoms with Crippen molar-refractivity contribution in [2.24, 2.45) is 23.7 Å². The quantitative estimate of drug-likeness (QED) is 0.0635. The van der Waals surface area contributed by atoms with E-state index in [1.165, 1.54) is 35.8 Å². The van der Waals surface area contributed by atoms with Crippen LogP contribution in [0.1, 0.15) is 103 Å². The number of methoxy groups -OCH3 is 2. The monoisotopic (exact) mass is 1100 g/mol. The number of ether oxygens (including phenoxy) is 5. The van der Waals surface area contributed by atoms with Crippen molar-refractivity contribution in [1.29, 1.82) is 0 Å². The lowest BCUT2D eigenvalue weighted by Crippen LogP contribution is -2.72. The Hall–Kier alpha value is -3.47. The number of anilines is 1. The van der Waals surface area contributed by atoms with Gasteiger partial charge in [0.05, 0.1) is 30.4 Å². The second-order valence-corrected chi connectivity index (χ2v) is 22.0. The average molecular weight is 1100 g/mol. The first-order valence-electron chi connectivity index (χ1n) is 23.5. The number of nitrogens with zero attached hydrogens (tertiary/aromatic N) is 2. The number of esters is 1. The third kappa shape index (κ3) is 11.7. The molecule has 5 aliphatic heterocycles. The summed E-state index contributed by atoms with van der Waals surface area (Å²) in [4.78, 5) is 83.2. The first-order chi connectivity index (χ1) is 32.3. The van der Waals surface area contributed by atoms with E-state index in [-0.39, 0.29) is 72.1 Å². The fourth-order valence-corrected chi connectivity index (χ4v) is 12.9. The predicted octanol–water partition coefficient (Wildman–Crippen LogP) is 6.26. The molecule has 20 heteroatoms. The number of hydrazine groups is 1. The fraction of sp³-hybridized carbons (Fsp3) is 0.667. The number of benzene rings is 1. The molecule has 5 heterocycles. The lowest BCUT2D eigenvalue weighted by Gasteiger charge is -2.59. The number of likely N-dealkylation sites (tertiary alicyclic amines) is 1. The number of hydrogen-bond acceptors (Lipinski definition) is 14. The lowest BCUT2D eigenvalue weighted by atomic mass is 9.72. The lowest BCUT2D eigenvalue weighted by molar-refractivity contribution is -0.328. The molecule has 2 saturated carbocycles. The summed E-state index contributed by atoms with van der Waals surface area (Å²) in [6, 6.07) is 3.63. The Bertz CT molecular complexity index is 2160. The van der Waals surface area contributed by atoms with E-state index in [0.29, 0.717) is 43.0 Å². The molecule has 5 fully saturated rings. The summed E-state index contributed by atoms with van der Waals surface area (Å²) in [5.41, 5.74) is 0.621. The molecule has 3 saturated heterocycles. The van der Waals surface area contributed by atoms with E-state index >= 15 is 0 Å². The van der Waals surface area contributed by atoms with Crippen LogP contribution in [-0.4, -0.2) is 120 Å². The molecule has 7 aliphatic rings. The number of rotatable bonds is 11. The van der Waals surface area contributed by atoms with Crippen molar-refractivity contribution in [3.8, 4) is 5.75 Å². The first-order valence-corrected chi connectivity index (χ1v) is 26.0. The molecule has 0 radical (unpaired) electrons. The Morgan fingerprint density at radius 2 is 1.66 bits per heavy atom. The third-order valence-electron chi connectivity index (χ3n) is 14.9. The van der Waals surface area contributed by atoms with Crippen molar-refractivity contribution in [1.82, 2.24) is 19.3 Å². The zero-order valence-electron chi connectivity index (χ0n) is 39.6. The fourth-order valence-electron chi connectivity index (χ4n) is 10.9. The molecule has 0 aromatic heterocycles. The molecule has 2 aliphatic carbocycles. The maximum absolute atomic E-state index is 14.4. The number of hydrogen-bond donors (Lipinski definition) is 4. The third-order valence-corrected chi connectivity index (χ3v) is 17.0. The molecular formula is C48H65ClIN5O12S. The summed E-state index contributed by atoms with van der Waals surface area (Å²) in [5.74, 6) is -0.192. The Morgan fingerprint density at radius 1 is 0.985 bits per heavy atom. The second kappa shape index (κ2) is 21.9. The van der Waals surface area contributed by atoms with Crippen LogP contribution in [0.25, 0.3) is 0 Å². The largest absolute Gasteiger partial charge is 0.495 e. The Morgan fingerprint density at radius 3 is 2.32 bits per heavy atom. The summed E-state index contributed by atoms with van der Waals surface area (Å²) in [7, 11) is 4.55. The number of allylic oxidation sites excluding steroid dienone is 3. The van der Waals surface area contributed by atoms with Crippen molar-refractivity contribution < 1.29 is 57.6 Å². The van der Waals surface area contributed by atoms with E-state index < -0.39 is 58.5 Å². The van der Waals surface area contributed by atoms with Crippen LogP contribution in [0.5, 0.6) is 5.75 Å². The van der Waals surface area contributed by atoms with Gasteiger partial charge in [-0.3, -0.25) is 39.6 Å². The zero-order valence-corrected chi connectivity index (χ0v) is 43.3. The van der Waals surface area contributed by atoms with Crippen LogP contribution < -0.4 is 24.0 Å². The van der Waals surface area contributed by atoms with Gasteiger partial charge in [0.25, 0.3) is 0 Å². The van der Waals surface area contributed by atoms with Gasteiger partial charge in [0.1, 0.15) is 40.3 Å². The van der Waals surface area contributed by atoms with E-state index in [1.807, 2.05) is 41.9 Å². The van der Waals surface area contributed by atoms with E-state index in [1.54, 1.807) is 39.1 Å². The highest BCUT2D eigenvalue weighted by molar-refractivity contribution is 14.1. The molecule has 4 N–H and O–H groups in total. The number of aliphatic hydroxyl groups is 1. The zero-order chi connectivity index (χ0) is 49.1. The van der Waals surface area contributed by atoms with Crippen molar-refractivity contribution in [2.45, 2.75) is 145 Å². The Balaban J connectivity index is 1.01. The number of alkyl carbamates (subject to hydrolysis) is 1. The summed E-state index contributed by atoms with van der Waals surface area (Å²) in [5, 5.41) is 14.2. The number of carbonyl (C=O) groups excluding carboxylic acids is 6. The molecule has 2 unspecified atom stereocenters. The summed E-state index contributed by atoms with van der Waals surface area (Å²) < 4.78 is 32.7. The van der Waals surface area contributed by atoms with Gasteiger partial charge in [0, 0.05) is 68.7 Å². The van der Waals surface area contributed by atoms with Crippen LogP contribution in [0.3, 0.4) is 0 Å². The highest BCUT2D eigenvalue weighted by atomic mass is 127. The van der Waals surface area contributed by atoms with Crippen LogP contribution in [-0.2, 0) is 49.3 Å². The minimum absolute atomic E-state index is 0.0339. The molecule has 68 heavy (non-hydrogen) atoms. The molecule has 8 rings (SSSR count). The normalized spacial score (nSPS) is 35.9. The number of thioether (sulfide) groups is 1. The maximum atomic E-state index is 14.4. The van der Waals surface area contributed by atoms with Gasteiger partial charge in [-0.05, 0) is 114 Å². The number of amides is 5. The number of halogens is 2. The molecular weight excluding hydrogens is 1030 g/mol. The van der Waals surface area contributed by atoms with Gasteiger partial charge in [-0.25, -0.2) is 4.79 Å². The van der Waals surface area contributed by atoms with Gasteiger partial charge in [0.2, 0.25) is 23.6 Å². The van der Waals surface area contributed by atoms with Crippen molar-refractivity contribution in [2.75, 3.05) is 38.5 Å². The number of nitrogens with one attached hydrogen (secondary N) is 3. The smallest absolute Gasteiger partial charge is 0.409 e. The molecule has 6 bridgehead atoms. The molecule has 5 amide bonds. The van der Waals surface area contributed by atoms with E-state index in [9.17, 15) is 33.9 Å². The SMILES string of the molecule is COc1cc2cc(c1Cl)N(C)C(=O)C[C@H](OC(=O)C1CCC(CSC3CC(=O)N(C[C@H]4CC[C@H](C(=O)NNI)CC4)C3=O)CC1)[C@@]1(C)CC(C)(O1)[C@@H]1C[C@@](O)(NC(=O)O1)[C@H](OC)/C=C/C=C(\C)C2. The van der Waals surface area contributed by atoms with Gasteiger partial charge in [-0.1, -0.05) is 35.4 Å². The second-order valence-electron chi connectivity index (χ2n) is 19.9. The van der Waals surface area contributed by atoms with Crippen LogP contribution >= 0.6 is 46.2 Å². The van der Waals surface area contributed by atoms with Crippen LogP contribution in [0, 0.1) is 23.7 Å². The summed E-state index contributed by atoms with van der Waals surface area (Å²) in [6.07, 6.45) is 7.54. The number of carbonyl (C=O) groups is 6. The molecule has 1 aromatic carbocycles. The van der Waals surface area contributed by atoms with Crippen LogP contribution in [0.2, 0.25) is 5.02 Å². The van der Waals surface area contributed by atoms with Crippen molar-refractivity contribution in [3.63, 3.8) is 0 Å². The maximum Gasteiger partial charge on any atom is 0.409 e. The summed E-state index contributed by atoms with van der Waals surface area (Å²) >= 11 is 10.2. The standard InChI is InChI=1S/C48H65ClIN5O12S/c1-27-8-7-9-36(64-6)48(62)23-38(66-45(61)51-48)47(3)26-46(2,67-47)37(22-39(56)54(4)33-19-30(18-27)20-34(63-5)41(33)49)65-44(60)32-16-12-29(13-17-32)25-68-35-21-40(57)55(43(35)59)24-28-10-14-31(15-11-28)42(58)52-53-50/h7-9,19-20,28-29,31-32,35-38,53,62H,10-18,21-26H2,1-6H3,(H,51,61)(H,52,58)/b9-7+,27-8+/t28-,29?,31-,32?,35?,36-,37+,38+,46-,47?,48+/m1/s1. The summed E-state index contributed by atoms with van der Waals surface area (Å²) in [6.45, 7) is 5.86. The van der Waals surface area contributed by atoms with Crippen molar-refractivity contribution >= 4 is 87.6 Å². The van der Waals surface area contributed by atoms with E-state index in [2.05, 4.69) is 14.4 Å². The minimum atomic E-state index is -1.85. The molecule has 17 nitrogen and oxygen atoms in total. The minimum Gasteiger partial charge on any atom is -0.495 e. The molecule has 374 valence electrons. The average Bonchev–Trinajstić information content (AvgIpc) is 3.56. The van der Waals surface area contributed by atoms with Gasteiger partial charge in [-0.2, -0.15) is 3.64 Å². The molecule has 1 aromatic rings.